The lowest BCUT2D eigenvalue weighted by Gasteiger charge is -2.13. The van der Waals surface area contributed by atoms with Crippen molar-refractivity contribution >= 4 is 34.7 Å². The number of halogens is 4. The minimum atomic E-state index is -1.56. The van der Waals surface area contributed by atoms with Crippen LogP contribution in [0.1, 0.15) is 5.56 Å². The molecule has 0 spiro atoms. The van der Waals surface area contributed by atoms with Crippen molar-refractivity contribution in [2.24, 2.45) is 0 Å². The molecular weight excluding hydrogens is 381 g/mol. The number of hydrogen-bond donors (Lipinski definition) is 2. The molecule has 1 heterocycles. The highest BCUT2D eigenvalue weighted by atomic mass is 35.5. The lowest BCUT2D eigenvalue weighted by molar-refractivity contribution is 0.416. The van der Waals surface area contributed by atoms with E-state index in [4.69, 9.17) is 16.3 Å². The van der Waals surface area contributed by atoms with Crippen molar-refractivity contribution in [3.05, 3.63) is 64.6 Å². The highest BCUT2D eigenvalue weighted by Gasteiger charge is 2.14. The first-order valence-corrected chi connectivity index (χ1v) is 8.11. The van der Waals surface area contributed by atoms with Crippen LogP contribution in [-0.4, -0.2) is 17.1 Å². The normalized spacial score (nSPS) is 10.6. The largest absolute Gasteiger partial charge is 0.495 e. The number of nitrogens with zero attached hydrogens (tertiary/aromatic N) is 2. The van der Waals surface area contributed by atoms with Gasteiger partial charge in [0.2, 0.25) is 5.95 Å². The summed E-state index contributed by atoms with van der Waals surface area (Å²) in [7, 11) is 1.50. The number of methoxy groups -OCH3 is 1. The van der Waals surface area contributed by atoms with Gasteiger partial charge in [0.05, 0.1) is 18.5 Å². The number of benzene rings is 2. The van der Waals surface area contributed by atoms with E-state index >= 15 is 0 Å². The molecule has 5 nitrogen and oxygen atoms in total. The number of ether oxygens (including phenoxy) is 1. The summed E-state index contributed by atoms with van der Waals surface area (Å²) in [5.41, 5.74) is 1.15. The molecule has 2 N–H and O–H groups in total. The molecule has 3 rings (SSSR count). The Kier molecular flexibility index (Phi) is 5.36. The van der Waals surface area contributed by atoms with Gasteiger partial charge in [0.15, 0.2) is 17.5 Å². The van der Waals surface area contributed by atoms with Crippen molar-refractivity contribution in [3.8, 4) is 5.75 Å². The fourth-order valence-electron chi connectivity index (χ4n) is 2.30. The van der Waals surface area contributed by atoms with E-state index in [-0.39, 0.29) is 17.5 Å². The molecule has 0 aliphatic rings. The van der Waals surface area contributed by atoms with Crippen molar-refractivity contribution in [1.29, 1.82) is 0 Å². The Hall–Kier alpha value is -3.00. The van der Waals surface area contributed by atoms with E-state index in [0.717, 1.165) is 17.7 Å². The Morgan fingerprint density at radius 1 is 1.00 bits per heavy atom. The van der Waals surface area contributed by atoms with Gasteiger partial charge in [-0.25, -0.2) is 18.2 Å². The summed E-state index contributed by atoms with van der Waals surface area (Å²) in [5, 5.41) is 6.11. The molecule has 0 atom stereocenters. The van der Waals surface area contributed by atoms with Crippen LogP contribution in [0.3, 0.4) is 0 Å². The average Bonchev–Trinajstić information content (AvgIpc) is 2.65. The quantitative estimate of drug-likeness (QED) is 0.571. The predicted octanol–water partition coefficient (Wildman–Crippen LogP) is 5.35. The monoisotopic (exact) mass is 394 g/mol. The number of anilines is 4. The second-order valence-electron chi connectivity index (χ2n) is 5.54. The smallest absolute Gasteiger partial charge is 0.229 e. The van der Waals surface area contributed by atoms with E-state index in [1.54, 1.807) is 12.1 Å². The molecule has 0 saturated carbocycles. The second-order valence-corrected chi connectivity index (χ2v) is 5.95. The molecule has 1 aromatic heterocycles. The van der Waals surface area contributed by atoms with Gasteiger partial charge >= 0.3 is 0 Å². The molecule has 0 radical (unpaired) electrons. The summed E-state index contributed by atoms with van der Waals surface area (Å²) in [6.45, 7) is 1.83. The summed E-state index contributed by atoms with van der Waals surface area (Å²) >= 11 is 6.08. The highest BCUT2D eigenvalue weighted by Crippen LogP contribution is 2.32. The van der Waals surface area contributed by atoms with E-state index < -0.39 is 17.5 Å². The third-order valence-electron chi connectivity index (χ3n) is 3.68. The van der Waals surface area contributed by atoms with Gasteiger partial charge in [-0.2, -0.15) is 4.98 Å². The first-order chi connectivity index (χ1) is 12.9. The molecule has 0 bridgehead atoms. The molecule has 0 amide bonds. The fraction of sp³-hybridized carbons (Fsp3) is 0.111. The average molecular weight is 395 g/mol. The zero-order chi connectivity index (χ0) is 19.6. The SMILES string of the molecule is COc1cc(Cl)c(C)cc1Nc1nccc(Nc2ccc(F)c(F)c2F)n1. The predicted molar refractivity (Wildman–Crippen MR) is 97.7 cm³/mol. The molecule has 0 aliphatic heterocycles. The number of nitrogens with one attached hydrogen (secondary N) is 2. The maximum atomic E-state index is 13.8. The minimum Gasteiger partial charge on any atom is -0.495 e. The Balaban J connectivity index is 1.87. The number of aromatic nitrogens is 2. The van der Waals surface area contributed by atoms with Crippen LogP contribution in [0.25, 0.3) is 0 Å². The summed E-state index contributed by atoms with van der Waals surface area (Å²) in [4.78, 5) is 8.26. The molecule has 9 heteroatoms. The minimum absolute atomic E-state index is 0.182. The van der Waals surface area contributed by atoms with E-state index in [1.165, 1.54) is 19.4 Å². The summed E-state index contributed by atoms with van der Waals surface area (Å²) in [6.07, 6.45) is 1.42. The van der Waals surface area contributed by atoms with Gasteiger partial charge in [-0.1, -0.05) is 11.6 Å². The van der Waals surface area contributed by atoms with Crippen LogP contribution in [0.5, 0.6) is 5.75 Å². The number of rotatable bonds is 5. The van der Waals surface area contributed by atoms with Crippen LogP contribution in [0, 0.1) is 24.4 Å². The molecule has 140 valence electrons. The van der Waals surface area contributed by atoms with Gasteiger partial charge in [-0.3, -0.25) is 0 Å². The van der Waals surface area contributed by atoms with Crippen molar-refractivity contribution in [2.45, 2.75) is 6.92 Å². The van der Waals surface area contributed by atoms with Gasteiger partial charge in [0, 0.05) is 17.3 Å². The molecular formula is C18H14ClF3N4O. The molecule has 0 aliphatic carbocycles. The molecule has 0 unspecified atom stereocenters. The van der Waals surface area contributed by atoms with Crippen LogP contribution < -0.4 is 15.4 Å². The van der Waals surface area contributed by atoms with Crippen LogP contribution in [-0.2, 0) is 0 Å². The Morgan fingerprint density at radius 3 is 2.52 bits per heavy atom. The lowest BCUT2D eigenvalue weighted by Crippen LogP contribution is -2.04. The van der Waals surface area contributed by atoms with Crippen molar-refractivity contribution in [1.82, 2.24) is 9.97 Å². The molecule has 0 saturated heterocycles. The second kappa shape index (κ2) is 7.71. The zero-order valence-electron chi connectivity index (χ0n) is 14.3. The van der Waals surface area contributed by atoms with Crippen LogP contribution >= 0.6 is 11.6 Å². The van der Waals surface area contributed by atoms with Gasteiger partial charge in [0.1, 0.15) is 11.6 Å². The Bertz CT molecular complexity index is 1000. The summed E-state index contributed by atoms with van der Waals surface area (Å²) in [6, 6.07) is 6.77. The van der Waals surface area contributed by atoms with Gasteiger partial charge in [0.25, 0.3) is 0 Å². The van der Waals surface area contributed by atoms with Crippen LogP contribution in [0.15, 0.2) is 36.5 Å². The zero-order valence-corrected chi connectivity index (χ0v) is 15.0. The first-order valence-electron chi connectivity index (χ1n) is 7.73. The number of hydrogen-bond acceptors (Lipinski definition) is 5. The fourth-order valence-corrected chi connectivity index (χ4v) is 2.45. The molecule has 2 aromatic carbocycles. The van der Waals surface area contributed by atoms with E-state index in [1.807, 2.05) is 6.92 Å². The van der Waals surface area contributed by atoms with Crippen LogP contribution in [0.2, 0.25) is 5.02 Å². The standard InChI is InChI=1S/C18H14ClF3N4O/c1-9-7-13(14(27-2)8-10(9)19)25-18-23-6-5-15(26-18)24-12-4-3-11(20)16(21)17(12)22/h3-8H,1-2H3,(H2,23,24,25,26). The van der Waals surface area contributed by atoms with Crippen molar-refractivity contribution in [3.63, 3.8) is 0 Å². The topological polar surface area (TPSA) is 59.1 Å². The van der Waals surface area contributed by atoms with E-state index in [9.17, 15) is 13.2 Å². The first kappa shape index (κ1) is 18.8. The lowest BCUT2D eigenvalue weighted by atomic mass is 10.2. The Labute approximate surface area is 158 Å². The van der Waals surface area contributed by atoms with E-state index in [2.05, 4.69) is 20.6 Å². The molecule has 27 heavy (non-hydrogen) atoms. The van der Waals surface area contributed by atoms with Crippen LogP contribution in [0.4, 0.5) is 36.3 Å². The third kappa shape index (κ3) is 4.06. The number of aryl methyl sites for hydroxylation is 1. The Morgan fingerprint density at radius 2 is 1.78 bits per heavy atom. The van der Waals surface area contributed by atoms with Gasteiger partial charge in [-0.05, 0) is 36.8 Å². The highest BCUT2D eigenvalue weighted by molar-refractivity contribution is 6.31. The van der Waals surface area contributed by atoms with Gasteiger partial charge in [-0.15, -0.1) is 0 Å². The maximum Gasteiger partial charge on any atom is 0.229 e. The maximum absolute atomic E-state index is 13.8. The van der Waals surface area contributed by atoms with Crippen molar-refractivity contribution in [2.75, 3.05) is 17.7 Å². The van der Waals surface area contributed by atoms with Gasteiger partial charge < -0.3 is 15.4 Å². The summed E-state index contributed by atoms with van der Waals surface area (Å²) < 4.78 is 45.5. The molecule has 3 aromatic rings. The van der Waals surface area contributed by atoms with E-state index in [0.29, 0.717) is 16.5 Å². The van der Waals surface area contributed by atoms with Crippen molar-refractivity contribution < 1.29 is 17.9 Å². The summed E-state index contributed by atoms with van der Waals surface area (Å²) in [5.74, 6) is -3.32. The third-order valence-corrected chi connectivity index (χ3v) is 4.09. The molecule has 0 fully saturated rings.